The molecule has 1 heterocycles. The standard InChI is InChI=1S/C15H15FN2OS/c1-2-18(10-11-5-7-17-8-6-11)15(19)12-3-4-13(16)14(20)9-12/h3-9,20H,2,10H2,1H3. The zero-order valence-corrected chi connectivity index (χ0v) is 12.0. The molecule has 1 aromatic heterocycles. The molecule has 2 rings (SSSR count). The van der Waals surface area contributed by atoms with Gasteiger partial charge in [0.2, 0.25) is 0 Å². The van der Waals surface area contributed by atoms with Crippen LogP contribution in [0.2, 0.25) is 0 Å². The van der Waals surface area contributed by atoms with Crippen molar-refractivity contribution in [2.75, 3.05) is 6.54 Å². The normalized spacial score (nSPS) is 10.3. The Bertz CT molecular complexity index is 604. The number of nitrogens with zero attached hydrogens (tertiary/aromatic N) is 2. The summed E-state index contributed by atoms with van der Waals surface area (Å²) in [7, 11) is 0. The van der Waals surface area contributed by atoms with Crippen LogP contribution in [0.3, 0.4) is 0 Å². The van der Waals surface area contributed by atoms with Gasteiger partial charge in [-0.1, -0.05) is 0 Å². The van der Waals surface area contributed by atoms with E-state index in [1.807, 2.05) is 19.1 Å². The van der Waals surface area contributed by atoms with Crippen LogP contribution in [0, 0.1) is 5.82 Å². The second-order valence-electron chi connectivity index (χ2n) is 4.34. The molecule has 0 saturated heterocycles. The fourth-order valence-corrected chi connectivity index (χ4v) is 2.08. The van der Waals surface area contributed by atoms with Crippen molar-refractivity contribution in [2.24, 2.45) is 0 Å². The van der Waals surface area contributed by atoms with Crippen molar-refractivity contribution < 1.29 is 9.18 Å². The maximum absolute atomic E-state index is 13.2. The predicted octanol–water partition coefficient (Wildman–Crippen LogP) is 3.17. The lowest BCUT2D eigenvalue weighted by atomic mass is 10.1. The van der Waals surface area contributed by atoms with E-state index in [4.69, 9.17) is 0 Å². The largest absolute Gasteiger partial charge is 0.335 e. The molecular formula is C15H15FN2OS. The number of carbonyl (C=O) groups excluding carboxylic acids is 1. The van der Waals surface area contributed by atoms with Crippen molar-refractivity contribution in [3.05, 3.63) is 59.7 Å². The molecular weight excluding hydrogens is 275 g/mol. The molecule has 0 atom stereocenters. The fraction of sp³-hybridized carbons (Fsp3) is 0.200. The number of benzene rings is 1. The number of hydrogen-bond acceptors (Lipinski definition) is 3. The van der Waals surface area contributed by atoms with Crippen LogP contribution in [0.1, 0.15) is 22.8 Å². The Morgan fingerprint density at radius 2 is 2.00 bits per heavy atom. The van der Waals surface area contributed by atoms with Crippen LogP contribution in [-0.4, -0.2) is 22.3 Å². The van der Waals surface area contributed by atoms with E-state index in [2.05, 4.69) is 17.6 Å². The van der Waals surface area contributed by atoms with Gasteiger partial charge in [0, 0.05) is 35.9 Å². The van der Waals surface area contributed by atoms with Gasteiger partial charge in [-0.3, -0.25) is 9.78 Å². The highest BCUT2D eigenvalue weighted by Gasteiger charge is 2.15. The summed E-state index contributed by atoms with van der Waals surface area (Å²) in [6.45, 7) is 2.97. The minimum absolute atomic E-state index is 0.139. The van der Waals surface area contributed by atoms with E-state index in [-0.39, 0.29) is 10.8 Å². The Hall–Kier alpha value is -1.88. The first-order valence-corrected chi connectivity index (χ1v) is 6.73. The van der Waals surface area contributed by atoms with Crippen molar-refractivity contribution in [1.29, 1.82) is 0 Å². The molecule has 0 aliphatic heterocycles. The van der Waals surface area contributed by atoms with Gasteiger partial charge >= 0.3 is 0 Å². The average Bonchev–Trinajstić information content (AvgIpc) is 2.48. The quantitative estimate of drug-likeness (QED) is 0.877. The number of rotatable bonds is 4. The summed E-state index contributed by atoms with van der Waals surface area (Å²) in [6, 6.07) is 7.92. The third-order valence-electron chi connectivity index (χ3n) is 2.98. The molecule has 2 aromatic rings. The van der Waals surface area contributed by atoms with Gasteiger partial charge in [-0.25, -0.2) is 4.39 Å². The van der Waals surface area contributed by atoms with Crippen molar-refractivity contribution in [2.45, 2.75) is 18.4 Å². The number of carbonyl (C=O) groups is 1. The summed E-state index contributed by atoms with van der Waals surface area (Å²) < 4.78 is 13.2. The molecule has 0 saturated carbocycles. The molecule has 0 unspecified atom stereocenters. The topological polar surface area (TPSA) is 33.2 Å². The Morgan fingerprint density at radius 3 is 2.60 bits per heavy atom. The van der Waals surface area contributed by atoms with Crippen molar-refractivity contribution in [3.8, 4) is 0 Å². The van der Waals surface area contributed by atoms with Crippen LogP contribution in [0.4, 0.5) is 4.39 Å². The van der Waals surface area contributed by atoms with Gasteiger partial charge in [-0.2, -0.15) is 0 Å². The van der Waals surface area contributed by atoms with E-state index in [0.29, 0.717) is 18.7 Å². The van der Waals surface area contributed by atoms with Gasteiger partial charge in [-0.05, 0) is 42.8 Å². The lowest BCUT2D eigenvalue weighted by Gasteiger charge is -2.21. The second kappa shape index (κ2) is 6.52. The third-order valence-corrected chi connectivity index (χ3v) is 3.33. The van der Waals surface area contributed by atoms with E-state index in [1.165, 1.54) is 18.2 Å². The summed E-state index contributed by atoms with van der Waals surface area (Å²) in [5.41, 5.74) is 1.44. The molecule has 5 heteroatoms. The summed E-state index contributed by atoms with van der Waals surface area (Å²) in [5, 5.41) is 0. The summed E-state index contributed by atoms with van der Waals surface area (Å²) in [5.74, 6) is -0.568. The van der Waals surface area contributed by atoms with Crippen LogP contribution in [0.5, 0.6) is 0 Å². The maximum atomic E-state index is 13.2. The van der Waals surface area contributed by atoms with Gasteiger partial charge in [0.1, 0.15) is 5.82 Å². The molecule has 0 aliphatic rings. The average molecular weight is 290 g/mol. The molecule has 20 heavy (non-hydrogen) atoms. The molecule has 0 fully saturated rings. The van der Waals surface area contributed by atoms with Crippen LogP contribution in [-0.2, 0) is 6.54 Å². The van der Waals surface area contributed by atoms with Crippen LogP contribution in [0.15, 0.2) is 47.6 Å². The SMILES string of the molecule is CCN(Cc1ccncc1)C(=O)c1ccc(F)c(S)c1. The number of thiol groups is 1. The lowest BCUT2D eigenvalue weighted by molar-refractivity contribution is 0.0752. The van der Waals surface area contributed by atoms with E-state index in [9.17, 15) is 9.18 Å². The number of amides is 1. The third kappa shape index (κ3) is 3.36. The first kappa shape index (κ1) is 14.5. The van der Waals surface area contributed by atoms with Gasteiger partial charge in [0.05, 0.1) is 0 Å². The number of hydrogen-bond donors (Lipinski definition) is 1. The molecule has 0 radical (unpaired) electrons. The first-order valence-electron chi connectivity index (χ1n) is 6.28. The minimum Gasteiger partial charge on any atom is -0.335 e. The van der Waals surface area contributed by atoms with Crippen molar-refractivity contribution in [3.63, 3.8) is 0 Å². The predicted molar refractivity (Wildman–Crippen MR) is 78.3 cm³/mol. The van der Waals surface area contributed by atoms with E-state index in [1.54, 1.807) is 17.3 Å². The smallest absolute Gasteiger partial charge is 0.254 e. The summed E-state index contributed by atoms with van der Waals surface area (Å²) >= 11 is 4.01. The van der Waals surface area contributed by atoms with Gasteiger partial charge < -0.3 is 4.90 Å². The van der Waals surface area contributed by atoms with E-state index < -0.39 is 5.82 Å². The van der Waals surface area contributed by atoms with E-state index >= 15 is 0 Å². The molecule has 0 aliphatic carbocycles. The summed E-state index contributed by atoms with van der Waals surface area (Å²) in [4.78, 5) is 18.2. The molecule has 1 amide bonds. The number of pyridine rings is 1. The molecule has 0 N–H and O–H groups in total. The Balaban J connectivity index is 2.18. The molecule has 3 nitrogen and oxygen atoms in total. The Kier molecular flexibility index (Phi) is 4.74. The van der Waals surface area contributed by atoms with Gasteiger partial charge in [0.25, 0.3) is 5.91 Å². The van der Waals surface area contributed by atoms with E-state index in [0.717, 1.165) is 5.56 Å². The second-order valence-corrected chi connectivity index (χ2v) is 4.82. The highest BCUT2D eigenvalue weighted by molar-refractivity contribution is 7.80. The number of halogens is 1. The van der Waals surface area contributed by atoms with Crippen molar-refractivity contribution in [1.82, 2.24) is 9.88 Å². The van der Waals surface area contributed by atoms with Crippen LogP contribution >= 0.6 is 12.6 Å². The molecule has 1 aromatic carbocycles. The lowest BCUT2D eigenvalue weighted by Crippen LogP contribution is -2.30. The molecule has 0 spiro atoms. The molecule has 0 bridgehead atoms. The fourth-order valence-electron chi connectivity index (χ4n) is 1.86. The van der Waals surface area contributed by atoms with Crippen LogP contribution < -0.4 is 0 Å². The monoisotopic (exact) mass is 290 g/mol. The first-order chi connectivity index (χ1) is 9.61. The minimum atomic E-state index is -0.429. The Morgan fingerprint density at radius 1 is 1.30 bits per heavy atom. The number of aromatic nitrogens is 1. The highest BCUT2D eigenvalue weighted by atomic mass is 32.1. The van der Waals surface area contributed by atoms with Crippen molar-refractivity contribution >= 4 is 18.5 Å². The zero-order valence-electron chi connectivity index (χ0n) is 11.1. The van der Waals surface area contributed by atoms with Crippen LogP contribution in [0.25, 0.3) is 0 Å². The zero-order chi connectivity index (χ0) is 14.5. The van der Waals surface area contributed by atoms with Gasteiger partial charge in [-0.15, -0.1) is 12.6 Å². The summed E-state index contributed by atoms with van der Waals surface area (Å²) in [6.07, 6.45) is 3.38. The highest BCUT2D eigenvalue weighted by Crippen LogP contribution is 2.16. The molecule has 104 valence electrons. The van der Waals surface area contributed by atoms with Gasteiger partial charge in [0.15, 0.2) is 0 Å². The Labute approximate surface area is 122 Å². The maximum Gasteiger partial charge on any atom is 0.254 e.